The number of hydrogen-bond acceptors (Lipinski definition) is 4. The van der Waals surface area contributed by atoms with Gasteiger partial charge < -0.3 is 0 Å². The molecular weight excluding hydrogens is 284 g/mol. The van der Waals surface area contributed by atoms with Crippen LogP contribution in [0.4, 0.5) is 0 Å². The van der Waals surface area contributed by atoms with Gasteiger partial charge in [0, 0.05) is 36.7 Å². The predicted octanol–water partition coefficient (Wildman–Crippen LogP) is 4.81. The quantitative estimate of drug-likeness (QED) is 0.444. The molecular formula is C16H32N2S2. The molecule has 0 radical (unpaired) electrons. The molecule has 0 bridgehead atoms. The Morgan fingerprint density at radius 2 is 1.05 bits per heavy atom. The van der Waals surface area contributed by atoms with Gasteiger partial charge in [-0.05, 0) is 25.7 Å². The van der Waals surface area contributed by atoms with Gasteiger partial charge in [0.25, 0.3) is 0 Å². The zero-order chi connectivity index (χ0) is 14.2. The number of nitrogens with zero attached hydrogens (tertiary/aromatic N) is 2. The van der Waals surface area contributed by atoms with Gasteiger partial charge in [-0.15, -0.1) is 0 Å². The van der Waals surface area contributed by atoms with Crippen molar-refractivity contribution in [3.8, 4) is 0 Å². The summed E-state index contributed by atoms with van der Waals surface area (Å²) < 4.78 is 5.30. The Morgan fingerprint density at radius 3 is 1.35 bits per heavy atom. The van der Waals surface area contributed by atoms with Crippen LogP contribution in [0.3, 0.4) is 0 Å². The summed E-state index contributed by atoms with van der Waals surface area (Å²) in [7, 11) is 0. The van der Waals surface area contributed by atoms with Crippen molar-refractivity contribution in [1.82, 2.24) is 8.61 Å². The first-order valence-corrected chi connectivity index (χ1v) is 10.5. The maximum absolute atomic E-state index is 2.65. The third-order valence-corrected chi connectivity index (χ3v) is 7.49. The highest BCUT2D eigenvalue weighted by atomic mass is 32.2. The van der Waals surface area contributed by atoms with Crippen molar-refractivity contribution in [3.05, 3.63) is 0 Å². The highest BCUT2D eigenvalue weighted by Gasteiger charge is 2.23. The van der Waals surface area contributed by atoms with E-state index in [1.165, 1.54) is 76.0 Å². The van der Waals surface area contributed by atoms with E-state index < -0.39 is 0 Å². The zero-order valence-electron chi connectivity index (χ0n) is 13.4. The monoisotopic (exact) mass is 316 g/mol. The molecule has 0 amide bonds. The third-order valence-electron chi connectivity index (χ3n) is 4.68. The summed E-state index contributed by atoms with van der Waals surface area (Å²) in [6, 6.07) is 1.74. The molecule has 2 aliphatic rings. The minimum atomic E-state index is 0.868. The van der Waals surface area contributed by atoms with Crippen LogP contribution < -0.4 is 0 Å². The Labute approximate surface area is 134 Å². The fourth-order valence-corrected chi connectivity index (χ4v) is 5.88. The minimum Gasteiger partial charge on any atom is -0.248 e. The van der Waals surface area contributed by atoms with Gasteiger partial charge in [-0.1, -0.05) is 63.4 Å². The predicted molar refractivity (Wildman–Crippen MR) is 94.2 cm³/mol. The summed E-state index contributed by atoms with van der Waals surface area (Å²) in [5.41, 5.74) is 0. The van der Waals surface area contributed by atoms with E-state index in [2.05, 4.69) is 46.4 Å². The lowest BCUT2D eigenvalue weighted by atomic mass is 10.2. The molecule has 0 heterocycles. The van der Waals surface area contributed by atoms with Gasteiger partial charge >= 0.3 is 0 Å². The molecule has 2 rings (SSSR count). The molecule has 2 aliphatic carbocycles. The molecule has 4 heteroatoms. The van der Waals surface area contributed by atoms with E-state index in [1.54, 1.807) is 0 Å². The summed E-state index contributed by atoms with van der Waals surface area (Å²) >= 11 is 4.20. The van der Waals surface area contributed by atoms with Crippen molar-refractivity contribution < 1.29 is 0 Å². The van der Waals surface area contributed by atoms with Crippen molar-refractivity contribution in [2.45, 2.75) is 77.3 Å². The van der Waals surface area contributed by atoms with E-state index in [4.69, 9.17) is 0 Å². The highest BCUT2D eigenvalue weighted by Crippen LogP contribution is 2.30. The molecule has 0 aromatic rings. The van der Waals surface area contributed by atoms with Gasteiger partial charge in [0.1, 0.15) is 0 Å². The lowest BCUT2D eigenvalue weighted by Gasteiger charge is -2.28. The molecule has 0 N–H and O–H groups in total. The standard InChI is InChI=1S/C16H32N2S2/c1-3-17(15-9-5-6-10-15)19-13-14-20-18(4-2)16-11-7-8-12-16/h15-16H,3-14H2,1-2H3. The van der Waals surface area contributed by atoms with E-state index >= 15 is 0 Å². The maximum atomic E-state index is 2.65. The van der Waals surface area contributed by atoms with Crippen LogP contribution in [0.15, 0.2) is 0 Å². The fourth-order valence-electron chi connectivity index (χ4n) is 3.60. The molecule has 0 aromatic carbocycles. The second kappa shape index (κ2) is 9.60. The second-order valence-electron chi connectivity index (χ2n) is 6.01. The first-order valence-electron chi connectivity index (χ1n) is 8.64. The zero-order valence-corrected chi connectivity index (χ0v) is 15.0. The largest absolute Gasteiger partial charge is 0.248 e. The van der Waals surface area contributed by atoms with Crippen molar-refractivity contribution in [2.24, 2.45) is 0 Å². The van der Waals surface area contributed by atoms with Crippen LogP contribution in [-0.2, 0) is 0 Å². The highest BCUT2D eigenvalue weighted by molar-refractivity contribution is 8.00. The topological polar surface area (TPSA) is 6.48 Å². The molecule has 2 nitrogen and oxygen atoms in total. The smallest absolute Gasteiger partial charge is 0.0202 e. The van der Waals surface area contributed by atoms with Gasteiger partial charge in [0.2, 0.25) is 0 Å². The third kappa shape index (κ3) is 5.11. The van der Waals surface area contributed by atoms with E-state index in [0.29, 0.717) is 0 Å². The summed E-state index contributed by atoms with van der Waals surface area (Å²) in [4.78, 5) is 0. The molecule has 2 saturated carbocycles. The summed E-state index contributed by atoms with van der Waals surface area (Å²) in [6.45, 7) is 7.05. The van der Waals surface area contributed by atoms with Crippen molar-refractivity contribution >= 4 is 23.9 Å². The Hall–Kier alpha value is 0.620. The Kier molecular flexibility index (Phi) is 8.15. The lowest BCUT2D eigenvalue weighted by Crippen LogP contribution is -2.29. The Balaban J connectivity index is 1.61. The second-order valence-corrected chi connectivity index (χ2v) is 8.28. The fraction of sp³-hybridized carbons (Fsp3) is 1.00. The Bertz CT molecular complexity index is 225. The average molecular weight is 317 g/mol. The number of hydrogen-bond donors (Lipinski definition) is 0. The molecule has 0 saturated heterocycles. The van der Waals surface area contributed by atoms with Crippen LogP contribution in [0.5, 0.6) is 0 Å². The van der Waals surface area contributed by atoms with Crippen molar-refractivity contribution in [3.63, 3.8) is 0 Å². The van der Waals surface area contributed by atoms with Gasteiger partial charge in [-0.25, -0.2) is 8.61 Å². The van der Waals surface area contributed by atoms with E-state index in [1.807, 2.05) is 0 Å². The van der Waals surface area contributed by atoms with Crippen LogP contribution in [-0.4, -0.2) is 45.3 Å². The summed E-state index contributed by atoms with van der Waals surface area (Å²) in [5.74, 6) is 2.55. The lowest BCUT2D eigenvalue weighted by molar-refractivity contribution is 0.370. The summed E-state index contributed by atoms with van der Waals surface area (Å²) in [5, 5.41) is 0. The molecule has 20 heavy (non-hydrogen) atoms. The maximum Gasteiger partial charge on any atom is 0.0202 e. The van der Waals surface area contributed by atoms with Gasteiger partial charge in [0.15, 0.2) is 0 Å². The molecule has 0 aromatic heterocycles. The average Bonchev–Trinajstić information content (AvgIpc) is 3.15. The number of rotatable bonds is 9. The minimum absolute atomic E-state index is 0.868. The van der Waals surface area contributed by atoms with Crippen LogP contribution in [0.2, 0.25) is 0 Å². The van der Waals surface area contributed by atoms with Crippen LogP contribution in [0.1, 0.15) is 65.2 Å². The van der Waals surface area contributed by atoms with E-state index in [0.717, 1.165) is 12.1 Å². The molecule has 0 aliphatic heterocycles. The molecule has 118 valence electrons. The van der Waals surface area contributed by atoms with Crippen LogP contribution in [0, 0.1) is 0 Å². The van der Waals surface area contributed by atoms with Crippen LogP contribution in [0.25, 0.3) is 0 Å². The van der Waals surface area contributed by atoms with Gasteiger partial charge in [-0.3, -0.25) is 0 Å². The SMILES string of the molecule is CCN(SCCSN(CC)C1CCCC1)C1CCCC1. The van der Waals surface area contributed by atoms with Crippen molar-refractivity contribution in [2.75, 3.05) is 24.6 Å². The van der Waals surface area contributed by atoms with Crippen molar-refractivity contribution in [1.29, 1.82) is 0 Å². The van der Waals surface area contributed by atoms with E-state index in [9.17, 15) is 0 Å². The first-order chi connectivity index (χ1) is 9.85. The molecule has 0 spiro atoms. The normalized spacial score (nSPS) is 21.6. The first kappa shape index (κ1) is 17.0. The molecule has 0 atom stereocenters. The molecule has 0 unspecified atom stereocenters. The summed E-state index contributed by atoms with van der Waals surface area (Å²) in [6.07, 6.45) is 11.5. The Morgan fingerprint density at radius 1 is 0.700 bits per heavy atom. The van der Waals surface area contributed by atoms with Gasteiger partial charge in [-0.2, -0.15) is 0 Å². The van der Waals surface area contributed by atoms with Gasteiger partial charge in [0.05, 0.1) is 0 Å². The van der Waals surface area contributed by atoms with E-state index in [-0.39, 0.29) is 0 Å². The van der Waals surface area contributed by atoms with Crippen LogP contribution >= 0.6 is 23.9 Å². The molecule has 2 fully saturated rings.